The van der Waals surface area contributed by atoms with Gasteiger partial charge in [0, 0.05) is 49.2 Å². The zero-order chi connectivity index (χ0) is 22.1. The summed E-state index contributed by atoms with van der Waals surface area (Å²) in [5.41, 5.74) is 7.16. The van der Waals surface area contributed by atoms with E-state index in [0.29, 0.717) is 12.0 Å². The van der Waals surface area contributed by atoms with E-state index in [1.54, 1.807) is 0 Å². The molecular weight excluding hydrogens is 396 g/mol. The fraction of sp³-hybridized carbons (Fsp3) is 0.423. The summed E-state index contributed by atoms with van der Waals surface area (Å²) in [6, 6.07) is 9.11. The van der Waals surface area contributed by atoms with E-state index in [4.69, 9.17) is 10.1 Å². The van der Waals surface area contributed by atoms with Gasteiger partial charge in [0.15, 0.2) is 0 Å². The molecule has 2 aliphatic heterocycles. The van der Waals surface area contributed by atoms with Crippen molar-refractivity contribution in [1.29, 1.82) is 0 Å². The van der Waals surface area contributed by atoms with Crippen molar-refractivity contribution in [1.82, 2.24) is 24.9 Å². The molecule has 166 valence electrons. The van der Waals surface area contributed by atoms with Crippen LogP contribution in [0.5, 0.6) is 0 Å². The number of hydrogen-bond acceptors (Lipinski definition) is 4. The molecule has 1 aromatic carbocycles. The van der Waals surface area contributed by atoms with Gasteiger partial charge >= 0.3 is 0 Å². The lowest BCUT2D eigenvalue weighted by atomic mass is 9.88. The summed E-state index contributed by atoms with van der Waals surface area (Å²) in [5, 5.41) is 12.5. The maximum Gasteiger partial charge on any atom is 0.0690 e. The summed E-state index contributed by atoms with van der Waals surface area (Å²) in [6.07, 6.45) is 13.8. The van der Waals surface area contributed by atoms with Crippen LogP contribution in [0.2, 0.25) is 0 Å². The third kappa shape index (κ3) is 4.19. The minimum Gasteiger partial charge on any atom is -0.315 e. The van der Waals surface area contributed by atoms with Crippen LogP contribution >= 0.6 is 0 Å². The van der Waals surface area contributed by atoms with Crippen molar-refractivity contribution in [3.05, 3.63) is 65.8 Å². The highest BCUT2D eigenvalue weighted by Gasteiger charge is 2.23. The second kappa shape index (κ2) is 8.87. The normalized spacial score (nSPS) is 24.0. The van der Waals surface area contributed by atoms with Crippen LogP contribution in [0.3, 0.4) is 0 Å². The smallest absolute Gasteiger partial charge is 0.0690 e. The Morgan fingerprint density at radius 2 is 1.94 bits per heavy atom. The lowest BCUT2D eigenvalue weighted by Crippen LogP contribution is -2.31. The lowest BCUT2D eigenvalue weighted by molar-refractivity contribution is 0.346. The Labute approximate surface area is 190 Å². The van der Waals surface area contributed by atoms with E-state index in [0.717, 1.165) is 36.3 Å². The Morgan fingerprint density at radius 3 is 2.72 bits per heavy atom. The monoisotopic (exact) mass is 428 g/mol. The van der Waals surface area contributed by atoms with Crippen LogP contribution in [0, 0.1) is 5.92 Å². The van der Waals surface area contributed by atoms with Gasteiger partial charge in [-0.3, -0.25) is 14.4 Å². The number of aliphatic imine (C=N–C) groups is 1. The lowest BCUT2D eigenvalue weighted by Gasteiger charge is -2.23. The maximum atomic E-state index is 5.03. The minimum atomic E-state index is 0.282. The molecule has 1 fully saturated rings. The molecule has 0 amide bonds. The van der Waals surface area contributed by atoms with Crippen LogP contribution in [0.4, 0.5) is 0 Å². The summed E-state index contributed by atoms with van der Waals surface area (Å²) in [7, 11) is 1.95. The average molecular weight is 429 g/mol. The van der Waals surface area contributed by atoms with Crippen molar-refractivity contribution in [3.63, 3.8) is 0 Å². The van der Waals surface area contributed by atoms with Crippen LogP contribution in [0.25, 0.3) is 16.8 Å². The molecule has 0 radical (unpaired) electrons. The number of nitrogens with zero attached hydrogens (tertiary/aromatic N) is 5. The fourth-order valence-corrected chi connectivity index (χ4v) is 4.86. The van der Waals surface area contributed by atoms with Crippen LogP contribution in [0.15, 0.2) is 59.6 Å². The van der Waals surface area contributed by atoms with Crippen LogP contribution in [0.1, 0.15) is 56.2 Å². The number of hydrogen-bond donors (Lipinski definition) is 1. The Bertz CT molecular complexity index is 1140. The summed E-state index contributed by atoms with van der Waals surface area (Å²) < 4.78 is 4.00. The van der Waals surface area contributed by atoms with Gasteiger partial charge in [-0.2, -0.15) is 10.2 Å². The van der Waals surface area contributed by atoms with Gasteiger partial charge in [0.25, 0.3) is 0 Å². The number of aromatic nitrogens is 4. The van der Waals surface area contributed by atoms with E-state index in [1.807, 2.05) is 24.1 Å². The first-order valence-electron chi connectivity index (χ1n) is 11.7. The predicted molar refractivity (Wildman–Crippen MR) is 130 cm³/mol. The minimum absolute atomic E-state index is 0.282. The van der Waals surface area contributed by atoms with Gasteiger partial charge in [-0.05, 0) is 61.4 Å². The molecule has 6 nitrogen and oxygen atoms in total. The highest BCUT2D eigenvalue weighted by Crippen LogP contribution is 2.36. The molecule has 6 heteroatoms. The van der Waals surface area contributed by atoms with E-state index in [9.17, 15) is 0 Å². The van der Waals surface area contributed by atoms with E-state index in [2.05, 4.69) is 71.8 Å². The zero-order valence-electron chi connectivity index (χ0n) is 19.2. The van der Waals surface area contributed by atoms with Crippen molar-refractivity contribution in [2.45, 2.75) is 45.1 Å². The molecule has 0 saturated carbocycles. The second-order valence-electron chi connectivity index (χ2n) is 9.29. The molecule has 3 atom stereocenters. The number of nitrogens with one attached hydrogen (secondary N) is 1. The van der Waals surface area contributed by atoms with E-state index in [1.165, 1.54) is 29.5 Å². The number of rotatable bonds is 4. The molecule has 0 aliphatic carbocycles. The third-order valence-corrected chi connectivity index (χ3v) is 6.97. The Hall–Kier alpha value is -2.99. The quantitative estimate of drug-likeness (QED) is 0.647. The summed E-state index contributed by atoms with van der Waals surface area (Å²) in [5.74, 6) is 0.725. The first-order valence-corrected chi connectivity index (χ1v) is 11.7. The average Bonchev–Trinajstić information content (AvgIpc) is 3.45. The highest BCUT2D eigenvalue weighted by molar-refractivity contribution is 5.82. The maximum absolute atomic E-state index is 5.03. The van der Waals surface area contributed by atoms with Crippen LogP contribution in [-0.4, -0.2) is 38.9 Å². The number of aryl methyl sites for hydroxylation is 1. The van der Waals surface area contributed by atoms with Gasteiger partial charge in [-0.15, -0.1) is 0 Å². The van der Waals surface area contributed by atoms with Crippen LogP contribution in [-0.2, 0) is 7.05 Å². The van der Waals surface area contributed by atoms with Gasteiger partial charge in [0.05, 0.1) is 24.1 Å². The zero-order valence-corrected chi connectivity index (χ0v) is 19.2. The number of piperidine rings is 1. The SMILES string of the molecule is CC1=C(c2cccc(-c3cnn(C)c3)c2)N=CC(c2cnn(C3CCCNC3)c2)CC1C. The van der Waals surface area contributed by atoms with Gasteiger partial charge in [0.2, 0.25) is 0 Å². The molecule has 0 bridgehead atoms. The fourth-order valence-electron chi connectivity index (χ4n) is 4.86. The summed E-state index contributed by atoms with van der Waals surface area (Å²) in [4.78, 5) is 5.03. The largest absolute Gasteiger partial charge is 0.315 e. The van der Waals surface area contributed by atoms with Gasteiger partial charge in [0.1, 0.15) is 0 Å². The molecule has 2 aliphatic rings. The Kier molecular flexibility index (Phi) is 5.79. The van der Waals surface area contributed by atoms with Crippen molar-refractivity contribution in [3.8, 4) is 11.1 Å². The topological polar surface area (TPSA) is 60.0 Å². The predicted octanol–water partition coefficient (Wildman–Crippen LogP) is 4.83. The Balaban J connectivity index is 1.41. The van der Waals surface area contributed by atoms with E-state index >= 15 is 0 Å². The molecule has 2 aromatic heterocycles. The number of allylic oxidation sites excluding steroid dienone is 1. The molecule has 1 saturated heterocycles. The first kappa shape index (κ1) is 20.9. The summed E-state index contributed by atoms with van der Waals surface area (Å²) in [6.45, 7) is 6.67. The van der Waals surface area contributed by atoms with Gasteiger partial charge < -0.3 is 5.32 Å². The van der Waals surface area contributed by atoms with Crippen molar-refractivity contribution in [2.75, 3.05) is 13.1 Å². The molecule has 5 rings (SSSR count). The second-order valence-corrected chi connectivity index (χ2v) is 9.29. The van der Waals surface area contributed by atoms with Gasteiger partial charge in [-0.25, -0.2) is 0 Å². The molecule has 4 heterocycles. The first-order chi connectivity index (χ1) is 15.6. The molecule has 3 aromatic rings. The molecule has 3 unspecified atom stereocenters. The highest BCUT2D eigenvalue weighted by atomic mass is 15.3. The third-order valence-electron chi connectivity index (χ3n) is 6.97. The standard InChI is InChI=1S/C26H32N6/c1-18-10-22(24-14-30-32(17-24)25-8-5-9-27-15-25)12-28-26(19(18)2)21-7-4-6-20(11-21)23-13-29-31(3)16-23/h4,6-7,11-14,16-18,22,25,27H,5,8-10,15H2,1-3H3. The van der Waals surface area contributed by atoms with Crippen LogP contribution < -0.4 is 5.32 Å². The van der Waals surface area contributed by atoms with E-state index < -0.39 is 0 Å². The van der Waals surface area contributed by atoms with Crippen molar-refractivity contribution >= 4 is 11.9 Å². The van der Waals surface area contributed by atoms with Gasteiger partial charge in [-0.1, -0.05) is 25.1 Å². The summed E-state index contributed by atoms with van der Waals surface area (Å²) >= 11 is 0. The Morgan fingerprint density at radius 1 is 1.06 bits per heavy atom. The van der Waals surface area contributed by atoms with E-state index in [-0.39, 0.29) is 5.92 Å². The molecule has 1 N–H and O–H groups in total. The molecule has 0 spiro atoms. The molecular formula is C26H32N6. The van der Waals surface area contributed by atoms with Crippen molar-refractivity contribution < 1.29 is 0 Å². The van der Waals surface area contributed by atoms with Crippen molar-refractivity contribution in [2.24, 2.45) is 18.0 Å². The number of benzene rings is 1. The molecule has 32 heavy (non-hydrogen) atoms.